The number of carbonyl (C=O) groups is 3. The third-order valence-corrected chi connectivity index (χ3v) is 6.95. The van der Waals surface area contributed by atoms with Gasteiger partial charge in [0.15, 0.2) is 5.12 Å². The zero-order valence-corrected chi connectivity index (χ0v) is 21.5. The van der Waals surface area contributed by atoms with Crippen LogP contribution in [0.15, 0.2) is 60.7 Å². The maximum atomic E-state index is 13.5. The summed E-state index contributed by atoms with van der Waals surface area (Å²) in [4.78, 5) is 44.1. The van der Waals surface area contributed by atoms with Gasteiger partial charge in [-0.05, 0) is 24.6 Å². The van der Waals surface area contributed by atoms with E-state index in [1.54, 1.807) is 4.90 Å². The van der Waals surface area contributed by atoms with Gasteiger partial charge in [-0.3, -0.25) is 9.59 Å². The van der Waals surface area contributed by atoms with Crippen LogP contribution in [0.3, 0.4) is 0 Å². The Morgan fingerprint density at radius 2 is 1.51 bits per heavy atom. The monoisotopic (exact) mass is 496 g/mol. The Morgan fingerprint density at radius 3 is 2.11 bits per heavy atom. The fraction of sp³-hybridized carbons (Fsp3) is 0.444. The molecule has 0 spiro atoms. The molecular weight excluding hydrogens is 460 g/mol. The minimum Gasteiger partial charge on any atom is -0.338 e. The van der Waals surface area contributed by atoms with Crippen molar-refractivity contribution in [3.63, 3.8) is 0 Å². The Labute approximate surface area is 212 Å². The minimum absolute atomic E-state index is 0.0283. The number of amides is 3. The number of thioether (sulfide) groups is 1. The second kappa shape index (κ2) is 13.9. The summed E-state index contributed by atoms with van der Waals surface area (Å²) in [5, 5.41) is 3.06. The summed E-state index contributed by atoms with van der Waals surface area (Å²) in [6.07, 6.45) is 1.14. The maximum absolute atomic E-state index is 13.5. The van der Waals surface area contributed by atoms with E-state index >= 15 is 0 Å². The molecule has 188 valence electrons. The summed E-state index contributed by atoms with van der Waals surface area (Å²) in [5.41, 5.74) is 2.14. The van der Waals surface area contributed by atoms with E-state index in [-0.39, 0.29) is 17.1 Å². The highest BCUT2D eigenvalue weighted by atomic mass is 32.2. The molecule has 1 aliphatic rings. The molecule has 0 bridgehead atoms. The number of nitrogens with one attached hydrogen (secondary N) is 1. The number of urea groups is 1. The van der Waals surface area contributed by atoms with Crippen LogP contribution in [0.25, 0.3) is 0 Å². The van der Waals surface area contributed by atoms with E-state index in [2.05, 4.69) is 17.3 Å². The average Bonchev–Trinajstić information content (AvgIpc) is 2.86. The Hall–Kier alpha value is -2.84. The molecule has 1 atom stereocenters. The Morgan fingerprint density at radius 1 is 0.914 bits per heavy atom. The molecule has 7 nitrogen and oxygen atoms in total. The first-order valence-corrected chi connectivity index (χ1v) is 13.1. The molecule has 2 aromatic rings. The van der Waals surface area contributed by atoms with Gasteiger partial charge >= 0.3 is 6.03 Å². The molecule has 35 heavy (non-hydrogen) atoms. The SMILES string of the molecule is CC(=O)SCCN(CCc1ccccc1)C(=O)N[C@H](Cc1ccccc1)C(=O)N1CCN(C)CC1. The van der Waals surface area contributed by atoms with Gasteiger partial charge in [0, 0.05) is 58.4 Å². The van der Waals surface area contributed by atoms with Crippen LogP contribution < -0.4 is 5.32 Å². The highest BCUT2D eigenvalue weighted by Crippen LogP contribution is 2.11. The molecule has 1 aliphatic heterocycles. The van der Waals surface area contributed by atoms with Crippen LogP contribution in [0.4, 0.5) is 4.79 Å². The standard InChI is InChI=1S/C27H36N4O3S/c1-22(32)35-20-19-31(14-13-23-9-5-3-6-10-23)27(34)28-25(21-24-11-7-4-8-12-24)26(33)30-17-15-29(2)16-18-30/h3-12,25H,13-21H2,1-2H3,(H,28,34)/t25-/m1/s1. The summed E-state index contributed by atoms with van der Waals surface area (Å²) in [6, 6.07) is 18.9. The molecule has 0 saturated carbocycles. The Balaban J connectivity index is 1.71. The number of hydrogen-bond acceptors (Lipinski definition) is 5. The van der Waals surface area contributed by atoms with Crippen molar-refractivity contribution in [1.29, 1.82) is 0 Å². The first-order chi connectivity index (χ1) is 16.9. The summed E-state index contributed by atoms with van der Waals surface area (Å²) in [6.45, 7) is 5.43. The van der Waals surface area contributed by atoms with Gasteiger partial charge in [0.05, 0.1) is 0 Å². The van der Waals surface area contributed by atoms with Gasteiger partial charge in [-0.25, -0.2) is 4.79 Å². The van der Waals surface area contributed by atoms with Crippen molar-refractivity contribution >= 4 is 28.8 Å². The predicted molar refractivity (Wildman–Crippen MR) is 141 cm³/mol. The molecule has 0 aromatic heterocycles. The fourth-order valence-electron chi connectivity index (χ4n) is 4.06. The lowest BCUT2D eigenvalue weighted by Gasteiger charge is -2.35. The largest absolute Gasteiger partial charge is 0.338 e. The third-order valence-electron chi connectivity index (χ3n) is 6.16. The van der Waals surface area contributed by atoms with Crippen LogP contribution in [0.5, 0.6) is 0 Å². The summed E-state index contributed by atoms with van der Waals surface area (Å²) in [5.74, 6) is 0.476. The zero-order chi connectivity index (χ0) is 25.0. The van der Waals surface area contributed by atoms with Gasteiger partial charge in [0.1, 0.15) is 6.04 Å². The molecule has 3 amide bonds. The van der Waals surface area contributed by atoms with Crippen molar-refractivity contribution in [2.45, 2.75) is 25.8 Å². The Kier molecular flexibility index (Phi) is 10.6. The molecule has 2 aromatic carbocycles. The van der Waals surface area contributed by atoms with Crippen molar-refractivity contribution in [3.05, 3.63) is 71.8 Å². The van der Waals surface area contributed by atoms with Gasteiger partial charge in [-0.15, -0.1) is 0 Å². The molecule has 3 rings (SSSR count). The average molecular weight is 497 g/mol. The normalized spacial score (nSPS) is 14.9. The molecule has 1 N–H and O–H groups in total. The highest BCUT2D eigenvalue weighted by molar-refractivity contribution is 8.13. The van der Waals surface area contributed by atoms with Gasteiger partial charge in [0.2, 0.25) is 5.91 Å². The summed E-state index contributed by atoms with van der Waals surface area (Å²) >= 11 is 1.21. The van der Waals surface area contributed by atoms with E-state index in [9.17, 15) is 14.4 Å². The molecular formula is C27H36N4O3S. The van der Waals surface area contributed by atoms with E-state index in [0.717, 1.165) is 24.2 Å². The van der Waals surface area contributed by atoms with Crippen LogP contribution >= 0.6 is 11.8 Å². The number of rotatable bonds is 10. The van der Waals surface area contributed by atoms with Crippen molar-refractivity contribution in [2.75, 3.05) is 52.1 Å². The fourth-order valence-corrected chi connectivity index (χ4v) is 4.66. The van der Waals surface area contributed by atoms with Crippen LogP contribution in [-0.4, -0.2) is 89.9 Å². The lowest BCUT2D eigenvalue weighted by atomic mass is 10.0. The van der Waals surface area contributed by atoms with Crippen LogP contribution in [-0.2, 0) is 22.4 Å². The number of piperazine rings is 1. The van der Waals surface area contributed by atoms with Crippen molar-refractivity contribution in [1.82, 2.24) is 20.0 Å². The minimum atomic E-state index is -0.645. The van der Waals surface area contributed by atoms with E-state index in [4.69, 9.17) is 0 Å². The van der Waals surface area contributed by atoms with Crippen molar-refractivity contribution < 1.29 is 14.4 Å². The third kappa shape index (κ3) is 9.03. The van der Waals surface area contributed by atoms with Gasteiger partial charge in [0.25, 0.3) is 0 Å². The van der Waals surface area contributed by atoms with Crippen LogP contribution in [0.1, 0.15) is 18.1 Å². The summed E-state index contributed by atoms with van der Waals surface area (Å²) in [7, 11) is 2.05. The number of hydrogen-bond donors (Lipinski definition) is 1. The van der Waals surface area contributed by atoms with Crippen molar-refractivity contribution in [3.8, 4) is 0 Å². The zero-order valence-electron chi connectivity index (χ0n) is 20.7. The first kappa shape index (κ1) is 26.8. The highest BCUT2D eigenvalue weighted by Gasteiger charge is 2.29. The van der Waals surface area contributed by atoms with E-state index in [0.29, 0.717) is 44.8 Å². The van der Waals surface area contributed by atoms with Gasteiger partial charge < -0.3 is 20.0 Å². The van der Waals surface area contributed by atoms with Crippen LogP contribution in [0.2, 0.25) is 0 Å². The van der Waals surface area contributed by atoms with Gasteiger partial charge in [-0.1, -0.05) is 72.4 Å². The lowest BCUT2D eigenvalue weighted by molar-refractivity contribution is -0.134. The van der Waals surface area contributed by atoms with Gasteiger partial charge in [-0.2, -0.15) is 0 Å². The first-order valence-electron chi connectivity index (χ1n) is 12.2. The summed E-state index contributed by atoms with van der Waals surface area (Å²) < 4.78 is 0. The lowest BCUT2D eigenvalue weighted by Crippen LogP contribution is -2.57. The smallest absolute Gasteiger partial charge is 0.318 e. The van der Waals surface area contributed by atoms with Crippen molar-refractivity contribution in [2.24, 2.45) is 0 Å². The number of carbonyl (C=O) groups excluding carboxylic acids is 3. The Bertz CT molecular complexity index is 949. The molecule has 1 fully saturated rings. The van der Waals surface area contributed by atoms with E-state index in [1.165, 1.54) is 18.7 Å². The quantitative estimate of drug-likeness (QED) is 0.548. The second-order valence-corrected chi connectivity index (χ2v) is 10.2. The molecule has 1 saturated heterocycles. The maximum Gasteiger partial charge on any atom is 0.318 e. The number of nitrogens with zero attached hydrogens (tertiary/aromatic N) is 3. The molecule has 1 heterocycles. The topological polar surface area (TPSA) is 73.0 Å². The van der Waals surface area contributed by atoms with E-state index < -0.39 is 6.04 Å². The predicted octanol–water partition coefficient (Wildman–Crippen LogP) is 2.91. The molecule has 0 unspecified atom stereocenters. The second-order valence-electron chi connectivity index (χ2n) is 8.88. The van der Waals surface area contributed by atoms with E-state index in [1.807, 2.05) is 65.6 Å². The molecule has 0 aliphatic carbocycles. The van der Waals surface area contributed by atoms with Crippen LogP contribution in [0, 0.1) is 0 Å². The number of likely N-dealkylation sites (N-methyl/N-ethyl adjacent to an activating group) is 1. The number of benzene rings is 2. The molecule has 8 heteroatoms. The molecule has 0 radical (unpaired) electrons.